The summed E-state index contributed by atoms with van der Waals surface area (Å²) in [6.45, 7) is -0.447. The Balaban J connectivity index is 1.90. The molecule has 0 aliphatic rings. The Morgan fingerprint density at radius 1 is 0.889 bits per heavy atom. The first-order chi connectivity index (χ1) is 13.0. The highest BCUT2D eigenvalue weighted by molar-refractivity contribution is 7.92. The van der Waals surface area contributed by atoms with E-state index in [1.165, 1.54) is 30.3 Å². The molecule has 1 amide bonds. The van der Waals surface area contributed by atoms with Crippen LogP contribution in [0.25, 0.3) is 0 Å². The van der Waals surface area contributed by atoms with Crippen LogP contribution in [0.15, 0.2) is 89.8 Å². The maximum Gasteiger partial charge on any atom is 0.264 e. The topological polar surface area (TPSA) is 66.5 Å². The molecule has 0 bridgehead atoms. The molecular formula is C20H17FN2O3S. The predicted molar refractivity (Wildman–Crippen MR) is 102 cm³/mol. The Labute approximate surface area is 157 Å². The van der Waals surface area contributed by atoms with Crippen molar-refractivity contribution in [3.8, 4) is 0 Å². The Hall–Kier alpha value is -3.19. The van der Waals surface area contributed by atoms with Gasteiger partial charge in [0.15, 0.2) is 0 Å². The second-order valence-electron chi connectivity index (χ2n) is 5.72. The van der Waals surface area contributed by atoms with Crippen molar-refractivity contribution in [1.29, 1.82) is 0 Å². The highest BCUT2D eigenvalue weighted by Gasteiger charge is 2.26. The molecule has 0 spiro atoms. The molecule has 0 saturated heterocycles. The normalized spacial score (nSPS) is 11.0. The van der Waals surface area contributed by atoms with E-state index in [0.717, 1.165) is 10.4 Å². The number of hydrogen-bond acceptors (Lipinski definition) is 3. The SMILES string of the molecule is O=C(CN(c1ccccc1)S(=O)(=O)c1ccccc1)Nc1cccc(F)c1. The minimum absolute atomic E-state index is 0.0763. The lowest BCUT2D eigenvalue weighted by atomic mass is 10.3. The second-order valence-corrected chi connectivity index (χ2v) is 7.58. The van der Waals surface area contributed by atoms with Gasteiger partial charge in [-0.05, 0) is 42.5 Å². The molecule has 0 heterocycles. The van der Waals surface area contributed by atoms with Crippen LogP contribution in [-0.4, -0.2) is 20.9 Å². The van der Waals surface area contributed by atoms with Crippen LogP contribution in [0, 0.1) is 5.82 Å². The minimum atomic E-state index is -3.95. The summed E-state index contributed by atoms with van der Waals surface area (Å²) in [6, 6.07) is 21.6. The average molecular weight is 384 g/mol. The van der Waals surface area contributed by atoms with E-state index in [1.807, 2.05) is 0 Å². The van der Waals surface area contributed by atoms with E-state index in [1.54, 1.807) is 48.5 Å². The zero-order valence-corrected chi connectivity index (χ0v) is 15.1. The van der Waals surface area contributed by atoms with Gasteiger partial charge in [0.25, 0.3) is 10.0 Å². The molecule has 0 radical (unpaired) electrons. The number of carbonyl (C=O) groups is 1. The number of carbonyl (C=O) groups excluding carboxylic acids is 1. The molecule has 3 rings (SSSR count). The molecule has 7 heteroatoms. The van der Waals surface area contributed by atoms with Crippen LogP contribution in [0.3, 0.4) is 0 Å². The number of halogens is 1. The van der Waals surface area contributed by atoms with Gasteiger partial charge in [0.1, 0.15) is 12.4 Å². The van der Waals surface area contributed by atoms with Crippen LogP contribution in [0.5, 0.6) is 0 Å². The highest BCUT2D eigenvalue weighted by atomic mass is 32.2. The van der Waals surface area contributed by atoms with Crippen LogP contribution in [0.4, 0.5) is 15.8 Å². The molecule has 0 fully saturated rings. The van der Waals surface area contributed by atoms with Gasteiger partial charge in [-0.1, -0.05) is 42.5 Å². The number of para-hydroxylation sites is 1. The summed E-state index contributed by atoms with van der Waals surface area (Å²) < 4.78 is 40.4. The van der Waals surface area contributed by atoms with Crippen LogP contribution >= 0.6 is 0 Å². The molecule has 5 nitrogen and oxygen atoms in total. The van der Waals surface area contributed by atoms with Crippen molar-refractivity contribution in [3.05, 3.63) is 90.7 Å². The fraction of sp³-hybridized carbons (Fsp3) is 0.0500. The van der Waals surface area contributed by atoms with Gasteiger partial charge in [0, 0.05) is 5.69 Å². The van der Waals surface area contributed by atoms with Gasteiger partial charge in [0.2, 0.25) is 5.91 Å². The lowest BCUT2D eigenvalue weighted by molar-refractivity contribution is -0.114. The molecule has 138 valence electrons. The van der Waals surface area contributed by atoms with Crippen molar-refractivity contribution in [1.82, 2.24) is 0 Å². The number of hydrogen-bond donors (Lipinski definition) is 1. The fourth-order valence-electron chi connectivity index (χ4n) is 2.53. The molecule has 0 aromatic heterocycles. The van der Waals surface area contributed by atoms with Crippen molar-refractivity contribution >= 4 is 27.3 Å². The monoisotopic (exact) mass is 384 g/mol. The van der Waals surface area contributed by atoms with Gasteiger partial charge < -0.3 is 5.32 Å². The minimum Gasteiger partial charge on any atom is -0.324 e. The molecule has 3 aromatic carbocycles. The lowest BCUT2D eigenvalue weighted by Gasteiger charge is -2.24. The lowest BCUT2D eigenvalue weighted by Crippen LogP contribution is -2.38. The van der Waals surface area contributed by atoms with Crippen molar-refractivity contribution in [3.63, 3.8) is 0 Å². The standard InChI is InChI=1S/C20H17FN2O3S/c21-16-8-7-9-17(14-16)22-20(24)15-23(18-10-3-1-4-11-18)27(25,26)19-12-5-2-6-13-19/h1-14H,15H2,(H,22,24). The van der Waals surface area contributed by atoms with Crippen molar-refractivity contribution < 1.29 is 17.6 Å². The number of rotatable bonds is 6. The van der Waals surface area contributed by atoms with E-state index in [4.69, 9.17) is 0 Å². The van der Waals surface area contributed by atoms with E-state index in [-0.39, 0.29) is 10.6 Å². The summed E-state index contributed by atoms with van der Waals surface area (Å²) >= 11 is 0. The third kappa shape index (κ3) is 4.51. The third-order valence-corrected chi connectivity index (χ3v) is 5.56. The smallest absolute Gasteiger partial charge is 0.264 e. The summed E-state index contributed by atoms with van der Waals surface area (Å²) in [4.78, 5) is 12.5. The Bertz CT molecular complexity index is 1030. The number of benzene rings is 3. The van der Waals surface area contributed by atoms with Crippen LogP contribution in [-0.2, 0) is 14.8 Å². The summed E-state index contributed by atoms with van der Waals surface area (Å²) in [5, 5.41) is 2.52. The quantitative estimate of drug-likeness (QED) is 0.705. The molecule has 0 saturated carbocycles. The van der Waals surface area contributed by atoms with E-state index in [2.05, 4.69) is 5.32 Å². The van der Waals surface area contributed by atoms with E-state index < -0.39 is 28.3 Å². The molecule has 0 unspecified atom stereocenters. The van der Waals surface area contributed by atoms with Gasteiger partial charge in [-0.3, -0.25) is 9.10 Å². The number of anilines is 2. The van der Waals surface area contributed by atoms with Gasteiger partial charge in [-0.2, -0.15) is 0 Å². The largest absolute Gasteiger partial charge is 0.324 e. The molecule has 0 atom stereocenters. The number of nitrogens with zero attached hydrogens (tertiary/aromatic N) is 1. The Morgan fingerprint density at radius 2 is 1.52 bits per heavy atom. The molecule has 0 aliphatic carbocycles. The van der Waals surface area contributed by atoms with E-state index in [0.29, 0.717) is 5.69 Å². The average Bonchev–Trinajstić information content (AvgIpc) is 2.67. The first-order valence-corrected chi connectivity index (χ1v) is 9.59. The maximum atomic E-state index is 13.3. The van der Waals surface area contributed by atoms with Crippen LogP contribution in [0.2, 0.25) is 0 Å². The molecular weight excluding hydrogens is 367 g/mol. The van der Waals surface area contributed by atoms with Gasteiger partial charge in [0.05, 0.1) is 10.6 Å². The molecule has 0 aliphatic heterocycles. The van der Waals surface area contributed by atoms with E-state index in [9.17, 15) is 17.6 Å². The summed E-state index contributed by atoms with van der Waals surface area (Å²) in [5.41, 5.74) is 0.612. The molecule has 3 aromatic rings. The summed E-state index contributed by atoms with van der Waals surface area (Å²) in [5.74, 6) is -1.08. The van der Waals surface area contributed by atoms with Gasteiger partial charge in [-0.15, -0.1) is 0 Å². The zero-order valence-electron chi connectivity index (χ0n) is 14.2. The summed E-state index contributed by atoms with van der Waals surface area (Å²) in [6.07, 6.45) is 0. The fourth-order valence-corrected chi connectivity index (χ4v) is 3.97. The van der Waals surface area contributed by atoms with E-state index >= 15 is 0 Å². The van der Waals surface area contributed by atoms with Crippen LogP contribution < -0.4 is 9.62 Å². The number of amides is 1. The summed E-state index contributed by atoms with van der Waals surface area (Å²) in [7, 11) is -3.95. The van der Waals surface area contributed by atoms with Gasteiger partial charge >= 0.3 is 0 Å². The Kier molecular flexibility index (Phi) is 5.52. The Morgan fingerprint density at radius 3 is 2.15 bits per heavy atom. The van der Waals surface area contributed by atoms with Crippen molar-refractivity contribution in [2.75, 3.05) is 16.2 Å². The molecule has 27 heavy (non-hydrogen) atoms. The molecule has 1 N–H and O–H groups in total. The third-order valence-electron chi connectivity index (χ3n) is 3.77. The zero-order chi connectivity index (χ0) is 19.3. The predicted octanol–water partition coefficient (Wildman–Crippen LogP) is 3.66. The van der Waals surface area contributed by atoms with Crippen molar-refractivity contribution in [2.45, 2.75) is 4.90 Å². The first-order valence-electron chi connectivity index (χ1n) is 8.15. The number of nitrogens with one attached hydrogen (secondary N) is 1. The maximum absolute atomic E-state index is 13.3. The van der Waals surface area contributed by atoms with Gasteiger partial charge in [-0.25, -0.2) is 12.8 Å². The highest BCUT2D eigenvalue weighted by Crippen LogP contribution is 2.23. The van der Waals surface area contributed by atoms with Crippen LogP contribution in [0.1, 0.15) is 0 Å². The number of sulfonamides is 1. The second kappa shape index (κ2) is 8.01. The first kappa shape index (κ1) is 18.6. The van der Waals surface area contributed by atoms with Crippen molar-refractivity contribution in [2.24, 2.45) is 0 Å².